The standard InChI is InChI=1S/C8H15N3OS/c1-8(2,6-12)5-9-3-7-4-13-11-10-7/h4,9,12H,3,5-6H2,1-2H3. The lowest BCUT2D eigenvalue weighted by molar-refractivity contribution is 0.156. The molecule has 0 fully saturated rings. The average molecular weight is 201 g/mol. The molecule has 1 rings (SSSR count). The van der Waals surface area contributed by atoms with E-state index in [0.717, 1.165) is 18.8 Å². The van der Waals surface area contributed by atoms with Crippen molar-refractivity contribution < 1.29 is 5.11 Å². The van der Waals surface area contributed by atoms with Crippen LogP contribution in [0.3, 0.4) is 0 Å². The predicted molar refractivity (Wildman–Crippen MR) is 52.5 cm³/mol. The van der Waals surface area contributed by atoms with Crippen LogP contribution in [0.25, 0.3) is 0 Å². The molecule has 5 heteroatoms. The SMILES string of the molecule is CC(C)(CO)CNCc1csnn1. The molecule has 0 saturated carbocycles. The zero-order valence-electron chi connectivity index (χ0n) is 7.95. The van der Waals surface area contributed by atoms with Crippen molar-refractivity contribution >= 4 is 11.5 Å². The van der Waals surface area contributed by atoms with Gasteiger partial charge in [0.05, 0.1) is 5.69 Å². The van der Waals surface area contributed by atoms with Gasteiger partial charge in [0.1, 0.15) is 0 Å². The number of aromatic nitrogens is 2. The van der Waals surface area contributed by atoms with Gasteiger partial charge in [0.25, 0.3) is 0 Å². The van der Waals surface area contributed by atoms with Gasteiger partial charge in [-0.15, -0.1) is 5.10 Å². The van der Waals surface area contributed by atoms with Crippen LogP contribution in [0.4, 0.5) is 0 Å². The van der Waals surface area contributed by atoms with Crippen LogP contribution in [0.1, 0.15) is 19.5 Å². The highest BCUT2D eigenvalue weighted by molar-refractivity contribution is 7.03. The molecule has 0 spiro atoms. The van der Waals surface area contributed by atoms with Gasteiger partial charge in [-0.2, -0.15) is 0 Å². The summed E-state index contributed by atoms with van der Waals surface area (Å²) in [4.78, 5) is 0. The smallest absolute Gasteiger partial charge is 0.0893 e. The van der Waals surface area contributed by atoms with E-state index < -0.39 is 0 Å². The van der Waals surface area contributed by atoms with E-state index in [1.54, 1.807) is 0 Å². The first-order chi connectivity index (χ1) is 6.14. The van der Waals surface area contributed by atoms with Gasteiger partial charge in [-0.05, 0) is 11.5 Å². The Bertz CT molecular complexity index is 236. The van der Waals surface area contributed by atoms with Crippen LogP contribution in [0.15, 0.2) is 5.38 Å². The number of aliphatic hydroxyl groups excluding tert-OH is 1. The van der Waals surface area contributed by atoms with E-state index in [9.17, 15) is 0 Å². The summed E-state index contributed by atoms with van der Waals surface area (Å²) in [5, 5.41) is 18.0. The molecule has 0 amide bonds. The normalized spacial score (nSPS) is 11.9. The minimum absolute atomic E-state index is 0.0660. The fraction of sp³-hybridized carbons (Fsp3) is 0.750. The van der Waals surface area contributed by atoms with Crippen LogP contribution >= 0.6 is 11.5 Å². The van der Waals surface area contributed by atoms with E-state index in [-0.39, 0.29) is 12.0 Å². The second-order valence-corrected chi connectivity index (χ2v) is 4.43. The van der Waals surface area contributed by atoms with E-state index >= 15 is 0 Å². The molecule has 0 bridgehead atoms. The van der Waals surface area contributed by atoms with Gasteiger partial charge in [-0.1, -0.05) is 18.3 Å². The summed E-state index contributed by atoms with van der Waals surface area (Å²) in [7, 11) is 0. The third-order valence-electron chi connectivity index (χ3n) is 1.74. The number of rotatable bonds is 5. The topological polar surface area (TPSA) is 58.0 Å². The molecule has 0 aliphatic heterocycles. The van der Waals surface area contributed by atoms with Gasteiger partial charge >= 0.3 is 0 Å². The van der Waals surface area contributed by atoms with Gasteiger partial charge in [-0.3, -0.25) is 0 Å². The Labute approximate surface area is 82.2 Å². The lowest BCUT2D eigenvalue weighted by Crippen LogP contribution is -2.31. The minimum Gasteiger partial charge on any atom is -0.396 e. The molecular formula is C8H15N3OS. The zero-order valence-corrected chi connectivity index (χ0v) is 8.77. The second-order valence-electron chi connectivity index (χ2n) is 3.82. The minimum atomic E-state index is -0.0660. The largest absolute Gasteiger partial charge is 0.396 e. The van der Waals surface area contributed by atoms with Crippen LogP contribution in [-0.2, 0) is 6.54 Å². The Morgan fingerprint density at radius 2 is 2.38 bits per heavy atom. The highest BCUT2D eigenvalue weighted by atomic mass is 32.1. The van der Waals surface area contributed by atoms with E-state index in [4.69, 9.17) is 5.11 Å². The zero-order chi connectivity index (χ0) is 9.73. The summed E-state index contributed by atoms with van der Waals surface area (Å²) in [5.74, 6) is 0. The molecule has 1 aromatic rings. The first-order valence-electron chi connectivity index (χ1n) is 4.21. The Morgan fingerprint density at radius 1 is 1.62 bits per heavy atom. The lowest BCUT2D eigenvalue weighted by atomic mass is 9.95. The maximum absolute atomic E-state index is 8.99. The first-order valence-corrected chi connectivity index (χ1v) is 5.05. The highest BCUT2D eigenvalue weighted by Gasteiger charge is 2.15. The maximum Gasteiger partial charge on any atom is 0.0893 e. The molecule has 0 radical (unpaired) electrons. The quantitative estimate of drug-likeness (QED) is 0.734. The van der Waals surface area contributed by atoms with Crippen molar-refractivity contribution in [2.75, 3.05) is 13.2 Å². The predicted octanol–water partition coefficient (Wildman–Crippen LogP) is 0.646. The summed E-state index contributed by atoms with van der Waals surface area (Å²) < 4.78 is 3.76. The van der Waals surface area contributed by atoms with Crippen molar-refractivity contribution in [3.05, 3.63) is 11.1 Å². The van der Waals surface area contributed by atoms with Crippen LogP contribution in [0.2, 0.25) is 0 Å². The Morgan fingerprint density at radius 3 is 2.92 bits per heavy atom. The Balaban J connectivity index is 2.21. The van der Waals surface area contributed by atoms with E-state index in [0.29, 0.717) is 0 Å². The van der Waals surface area contributed by atoms with Gasteiger partial charge in [0.2, 0.25) is 0 Å². The summed E-state index contributed by atoms with van der Waals surface area (Å²) in [5.41, 5.74) is 0.891. The second kappa shape index (κ2) is 4.64. The molecule has 1 heterocycles. The van der Waals surface area contributed by atoms with Crippen molar-refractivity contribution in [1.29, 1.82) is 0 Å². The maximum atomic E-state index is 8.99. The molecular weight excluding hydrogens is 186 g/mol. The van der Waals surface area contributed by atoms with Crippen molar-refractivity contribution in [3.8, 4) is 0 Å². The molecule has 4 nitrogen and oxygen atoms in total. The summed E-state index contributed by atoms with van der Waals surface area (Å²) in [6, 6.07) is 0. The fourth-order valence-electron chi connectivity index (χ4n) is 0.846. The molecule has 74 valence electrons. The van der Waals surface area contributed by atoms with Gasteiger partial charge < -0.3 is 10.4 Å². The lowest BCUT2D eigenvalue weighted by Gasteiger charge is -2.21. The average Bonchev–Trinajstić information content (AvgIpc) is 2.57. The van der Waals surface area contributed by atoms with Gasteiger partial charge in [-0.25, -0.2) is 0 Å². The first kappa shape index (κ1) is 10.6. The van der Waals surface area contributed by atoms with E-state index in [2.05, 4.69) is 14.9 Å². The third kappa shape index (κ3) is 3.80. The van der Waals surface area contributed by atoms with E-state index in [1.807, 2.05) is 19.2 Å². The summed E-state index contributed by atoms with van der Waals surface area (Å²) in [6.07, 6.45) is 0. The fourth-order valence-corrected chi connectivity index (χ4v) is 1.30. The van der Waals surface area contributed by atoms with Gasteiger partial charge in [0, 0.05) is 30.5 Å². The molecule has 2 N–H and O–H groups in total. The molecule has 13 heavy (non-hydrogen) atoms. The Hall–Kier alpha value is -0.520. The number of aliphatic hydroxyl groups is 1. The molecule has 0 atom stereocenters. The molecule has 0 aliphatic rings. The molecule has 0 saturated heterocycles. The molecule has 0 unspecified atom stereocenters. The van der Waals surface area contributed by atoms with Gasteiger partial charge in [0.15, 0.2) is 0 Å². The number of nitrogens with zero attached hydrogens (tertiary/aromatic N) is 2. The van der Waals surface area contributed by atoms with Crippen molar-refractivity contribution in [3.63, 3.8) is 0 Å². The number of nitrogens with one attached hydrogen (secondary N) is 1. The van der Waals surface area contributed by atoms with Crippen LogP contribution < -0.4 is 5.32 Å². The van der Waals surface area contributed by atoms with Crippen molar-refractivity contribution in [2.24, 2.45) is 5.41 Å². The summed E-state index contributed by atoms with van der Waals surface area (Å²) >= 11 is 1.35. The van der Waals surface area contributed by atoms with E-state index in [1.165, 1.54) is 11.5 Å². The molecule has 1 aromatic heterocycles. The monoisotopic (exact) mass is 201 g/mol. The van der Waals surface area contributed by atoms with Crippen LogP contribution in [0.5, 0.6) is 0 Å². The number of hydrogen-bond acceptors (Lipinski definition) is 5. The summed E-state index contributed by atoms with van der Waals surface area (Å²) in [6.45, 7) is 5.72. The Kier molecular flexibility index (Phi) is 3.77. The highest BCUT2D eigenvalue weighted by Crippen LogP contribution is 2.11. The number of hydrogen-bond donors (Lipinski definition) is 2. The van der Waals surface area contributed by atoms with Crippen LogP contribution in [-0.4, -0.2) is 27.8 Å². The van der Waals surface area contributed by atoms with Crippen molar-refractivity contribution in [2.45, 2.75) is 20.4 Å². The molecule has 0 aliphatic carbocycles. The van der Waals surface area contributed by atoms with Crippen molar-refractivity contribution in [1.82, 2.24) is 14.9 Å². The third-order valence-corrected chi connectivity index (χ3v) is 2.30. The molecule has 0 aromatic carbocycles. The van der Waals surface area contributed by atoms with Crippen LogP contribution in [0, 0.1) is 5.41 Å².